The molecule has 23 heavy (non-hydrogen) atoms. The second-order valence-corrected chi connectivity index (χ2v) is 8.85. The number of nitrogens with zero attached hydrogens (tertiary/aromatic N) is 2. The van der Waals surface area contributed by atoms with Gasteiger partial charge in [-0.2, -0.15) is 5.10 Å². The summed E-state index contributed by atoms with van der Waals surface area (Å²) in [6, 6.07) is 4.08. The van der Waals surface area contributed by atoms with E-state index in [9.17, 15) is 12.8 Å². The number of nitrogens with one attached hydrogen (secondary N) is 1. The topological polar surface area (TPSA) is 64.0 Å². The number of benzene rings is 1. The van der Waals surface area contributed by atoms with Crippen LogP contribution >= 0.6 is 15.9 Å². The van der Waals surface area contributed by atoms with Gasteiger partial charge in [0.25, 0.3) is 10.0 Å². The summed E-state index contributed by atoms with van der Waals surface area (Å²) in [5, 5.41) is 4.32. The fraction of sp³-hybridized carbons (Fsp3) is 0.400. The van der Waals surface area contributed by atoms with Crippen molar-refractivity contribution in [2.24, 2.45) is 0 Å². The zero-order chi connectivity index (χ0) is 17.6. The highest BCUT2D eigenvalue weighted by atomic mass is 79.9. The summed E-state index contributed by atoms with van der Waals surface area (Å²) < 4.78 is 43.8. The fourth-order valence-corrected chi connectivity index (χ4v) is 4.26. The number of hydrogen-bond acceptors (Lipinski definition) is 3. The molecule has 5 nitrogen and oxygen atoms in total. The van der Waals surface area contributed by atoms with E-state index in [-0.39, 0.29) is 16.1 Å². The molecule has 0 fully saturated rings. The van der Waals surface area contributed by atoms with Crippen molar-refractivity contribution >= 4 is 31.6 Å². The smallest absolute Gasteiger partial charge is 0.265 e. The molecule has 0 bridgehead atoms. The normalized spacial score (nSPS) is 12.5. The van der Waals surface area contributed by atoms with E-state index in [0.717, 1.165) is 0 Å². The number of halogens is 2. The Balaban J connectivity index is 2.53. The molecular weight excluding hydrogens is 385 g/mol. The summed E-state index contributed by atoms with van der Waals surface area (Å²) in [7, 11) is -3.95. The van der Waals surface area contributed by atoms with Gasteiger partial charge in [0.15, 0.2) is 0 Å². The lowest BCUT2D eigenvalue weighted by Crippen LogP contribution is -2.25. The van der Waals surface area contributed by atoms with Gasteiger partial charge in [-0.3, -0.25) is 9.40 Å². The van der Waals surface area contributed by atoms with Crippen LogP contribution in [0, 0.1) is 19.7 Å². The molecule has 1 aromatic heterocycles. The Labute approximate surface area is 144 Å². The fourth-order valence-electron chi connectivity index (χ4n) is 2.44. The zero-order valence-corrected chi connectivity index (χ0v) is 16.0. The Hall–Kier alpha value is -1.41. The summed E-state index contributed by atoms with van der Waals surface area (Å²) in [5.41, 5.74) is 0.420. The molecule has 2 aromatic rings. The van der Waals surface area contributed by atoms with E-state index in [2.05, 4.69) is 25.8 Å². The van der Waals surface area contributed by atoms with Crippen LogP contribution in [0.4, 0.5) is 10.1 Å². The Morgan fingerprint density at radius 2 is 1.87 bits per heavy atom. The van der Waals surface area contributed by atoms with E-state index in [1.807, 2.05) is 20.8 Å². The number of hydrogen-bond donors (Lipinski definition) is 1. The van der Waals surface area contributed by atoms with Crippen LogP contribution in [0.5, 0.6) is 0 Å². The van der Waals surface area contributed by atoms with Crippen LogP contribution < -0.4 is 4.72 Å². The highest BCUT2D eigenvalue weighted by Crippen LogP contribution is 2.28. The molecule has 0 amide bonds. The molecule has 0 atom stereocenters. The maximum Gasteiger partial charge on any atom is 0.265 e. The zero-order valence-electron chi connectivity index (χ0n) is 13.6. The number of sulfonamides is 1. The standard InChI is InChI=1S/C15H19BrFN3O2S/c1-9-14(10(2)20(18-9)15(3,4)5)23(21,22)19-13-8-11(16)6-7-12(13)17/h6-8,19H,1-5H3. The van der Waals surface area contributed by atoms with E-state index in [1.54, 1.807) is 18.5 Å². The third-order valence-electron chi connectivity index (χ3n) is 3.30. The minimum absolute atomic E-state index is 0.0757. The lowest BCUT2D eigenvalue weighted by atomic mass is 10.1. The van der Waals surface area contributed by atoms with Gasteiger partial charge >= 0.3 is 0 Å². The third-order valence-corrected chi connectivity index (χ3v) is 5.41. The first-order valence-corrected chi connectivity index (χ1v) is 9.25. The molecular formula is C15H19BrFN3O2S. The maximum absolute atomic E-state index is 13.8. The van der Waals surface area contributed by atoms with E-state index >= 15 is 0 Å². The molecule has 2 rings (SSSR count). The second-order valence-electron chi connectivity index (χ2n) is 6.31. The van der Waals surface area contributed by atoms with Crippen molar-refractivity contribution in [1.82, 2.24) is 9.78 Å². The van der Waals surface area contributed by atoms with Crippen molar-refractivity contribution in [2.45, 2.75) is 45.1 Å². The lowest BCUT2D eigenvalue weighted by Gasteiger charge is -2.21. The van der Waals surface area contributed by atoms with E-state index in [4.69, 9.17) is 0 Å². The molecule has 1 N–H and O–H groups in total. The molecule has 0 radical (unpaired) electrons. The largest absolute Gasteiger partial charge is 0.276 e. The molecule has 1 aromatic carbocycles. The lowest BCUT2D eigenvalue weighted by molar-refractivity contribution is 0.345. The predicted molar refractivity (Wildman–Crippen MR) is 91.6 cm³/mol. The monoisotopic (exact) mass is 403 g/mol. The first-order chi connectivity index (χ1) is 10.4. The van der Waals surface area contributed by atoms with Gasteiger partial charge in [-0.15, -0.1) is 0 Å². The Morgan fingerprint density at radius 1 is 1.26 bits per heavy atom. The van der Waals surface area contributed by atoms with Gasteiger partial charge in [0.2, 0.25) is 0 Å². The summed E-state index contributed by atoms with van der Waals surface area (Å²) in [4.78, 5) is 0.0757. The van der Waals surface area contributed by atoms with Crippen molar-refractivity contribution in [3.05, 3.63) is 39.9 Å². The molecule has 0 saturated heterocycles. The van der Waals surface area contributed by atoms with E-state index in [0.29, 0.717) is 15.9 Å². The first-order valence-electron chi connectivity index (χ1n) is 6.98. The van der Waals surface area contributed by atoms with Crippen LogP contribution in [0.2, 0.25) is 0 Å². The van der Waals surface area contributed by atoms with Crippen molar-refractivity contribution in [3.63, 3.8) is 0 Å². The first kappa shape index (κ1) is 17.9. The SMILES string of the molecule is Cc1nn(C(C)(C)C)c(C)c1S(=O)(=O)Nc1cc(Br)ccc1F. The molecule has 126 valence electrons. The molecule has 0 unspecified atom stereocenters. The molecule has 0 aliphatic rings. The Morgan fingerprint density at radius 3 is 2.39 bits per heavy atom. The second kappa shape index (κ2) is 5.90. The highest BCUT2D eigenvalue weighted by Gasteiger charge is 2.29. The van der Waals surface area contributed by atoms with Crippen LogP contribution in [-0.2, 0) is 15.6 Å². The van der Waals surface area contributed by atoms with Gasteiger partial charge in [0.05, 0.1) is 22.6 Å². The summed E-state index contributed by atoms with van der Waals surface area (Å²) in [6.45, 7) is 9.12. The highest BCUT2D eigenvalue weighted by molar-refractivity contribution is 9.10. The van der Waals surface area contributed by atoms with Crippen molar-refractivity contribution in [3.8, 4) is 0 Å². The van der Waals surface area contributed by atoms with Crippen molar-refractivity contribution in [1.29, 1.82) is 0 Å². The van der Waals surface area contributed by atoms with E-state index in [1.165, 1.54) is 18.2 Å². The molecule has 0 saturated carbocycles. The summed E-state index contributed by atoms with van der Waals surface area (Å²) in [6.07, 6.45) is 0. The Kier molecular flexibility index (Phi) is 4.60. The predicted octanol–water partition coefficient (Wildman–Crippen LogP) is 3.96. The molecule has 8 heteroatoms. The molecule has 0 aliphatic carbocycles. The summed E-state index contributed by atoms with van der Waals surface area (Å²) in [5.74, 6) is -0.643. The van der Waals surface area contributed by atoms with Gasteiger partial charge in [-0.1, -0.05) is 15.9 Å². The maximum atomic E-state index is 13.8. The number of anilines is 1. The van der Waals surface area contributed by atoms with Crippen LogP contribution in [0.3, 0.4) is 0 Å². The van der Waals surface area contributed by atoms with Crippen LogP contribution in [-0.4, -0.2) is 18.2 Å². The van der Waals surface area contributed by atoms with Gasteiger partial charge in [0, 0.05) is 4.47 Å². The average molecular weight is 404 g/mol. The number of rotatable bonds is 3. The van der Waals surface area contributed by atoms with Crippen molar-refractivity contribution < 1.29 is 12.8 Å². The molecule has 0 aliphatic heterocycles. The number of aryl methyl sites for hydroxylation is 1. The molecule has 0 spiro atoms. The quantitative estimate of drug-likeness (QED) is 0.843. The minimum atomic E-state index is -3.95. The van der Waals surface area contributed by atoms with Crippen LogP contribution in [0.25, 0.3) is 0 Å². The molecule has 1 heterocycles. The van der Waals surface area contributed by atoms with Gasteiger partial charge in [-0.05, 0) is 52.8 Å². The van der Waals surface area contributed by atoms with Gasteiger partial charge < -0.3 is 0 Å². The van der Waals surface area contributed by atoms with Crippen molar-refractivity contribution in [2.75, 3.05) is 4.72 Å². The average Bonchev–Trinajstić information content (AvgIpc) is 2.69. The third kappa shape index (κ3) is 3.58. The Bertz CT molecular complexity index is 854. The van der Waals surface area contributed by atoms with Crippen LogP contribution in [0.1, 0.15) is 32.2 Å². The van der Waals surface area contributed by atoms with Gasteiger partial charge in [-0.25, -0.2) is 12.8 Å². The number of aromatic nitrogens is 2. The van der Waals surface area contributed by atoms with Gasteiger partial charge in [0.1, 0.15) is 10.7 Å². The summed E-state index contributed by atoms with van der Waals surface area (Å²) >= 11 is 3.20. The van der Waals surface area contributed by atoms with Crippen LogP contribution in [0.15, 0.2) is 27.6 Å². The van der Waals surface area contributed by atoms with E-state index < -0.39 is 15.8 Å². The minimum Gasteiger partial charge on any atom is -0.276 e.